The van der Waals surface area contributed by atoms with E-state index < -0.39 is 0 Å². The molecule has 1 unspecified atom stereocenters. The van der Waals surface area contributed by atoms with E-state index >= 15 is 0 Å². The van der Waals surface area contributed by atoms with Crippen LogP contribution >= 0.6 is 15.9 Å². The van der Waals surface area contributed by atoms with Crippen molar-refractivity contribution >= 4 is 15.9 Å². The summed E-state index contributed by atoms with van der Waals surface area (Å²) >= 11 is 3.55. The lowest BCUT2D eigenvalue weighted by Crippen LogP contribution is -2.33. The van der Waals surface area contributed by atoms with Crippen LogP contribution < -0.4 is 19.9 Å². The van der Waals surface area contributed by atoms with Gasteiger partial charge in [-0.3, -0.25) is 0 Å². The fourth-order valence-corrected chi connectivity index (χ4v) is 3.43. The molecule has 3 rings (SSSR count). The van der Waals surface area contributed by atoms with Gasteiger partial charge in [-0.25, -0.2) is 0 Å². The van der Waals surface area contributed by atoms with Gasteiger partial charge in [-0.2, -0.15) is 0 Å². The fourth-order valence-electron chi connectivity index (χ4n) is 2.86. The third-order valence-corrected chi connectivity index (χ3v) is 4.69. The van der Waals surface area contributed by atoms with Crippen LogP contribution in [-0.2, 0) is 5.41 Å². The zero-order valence-electron chi connectivity index (χ0n) is 11.2. The zero-order chi connectivity index (χ0) is 13.6. The minimum absolute atomic E-state index is 0.0418. The third-order valence-electron chi connectivity index (χ3n) is 4.10. The second-order valence-electron chi connectivity index (χ2n) is 5.24. The van der Waals surface area contributed by atoms with Crippen LogP contribution in [0.15, 0.2) is 10.5 Å². The monoisotopic (exact) mass is 327 g/mol. The Morgan fingerprint density at radius 2 is 2.05 bits per heavy atom. The Morgan fingerprint density at radius 1 is 1.37 bits per heavy atom. The SMILES string of the molecule is COc1c(Br)cc2c(c1C1(C(C)N)CC1)OCCO2. The van der Waals surface area contributed by atoms with Crippen molar-refractivity contribution in [2.24, 2.45) is 5.73 Å². The van der Waals surface area contributed by atoms with Gasteiger partial charge in [0.25, 0.3) is 0 Å². The van der Waals surface area contributed by atoms with Crippen molar-refractivity contribution < 1.29 is 14.2 Å². The number of rotatable bonds is 3. The van der Waals surface area contributed by atoms with E-state index in [0.717, 1.165) is 40.1 Å². The van der Waals surface area contributed by atoms with E-state index in [2.05, 4.69) is 15.9 Å². The molecule has 1 saturated carbocycles. The van der Waals surface area contributed by atoms with Crippen molar-refractivity contribution in [3.63, 3.8) is 0 Å². The summed E-state index contributed by atoms with van der Waals surface area (Å²) in [7, 11) is 1.68. The summed E-state index contributed by atoms with van der Waals surface area (Å²) in [6.07, 6.45) is 2.13. The van der Waals surface area contributed by atoms with Crippen molar-refractivity contribution in [2.75, 3.05) is 20.3 Å². The highest BCUT2D eigenvalue weighted by molar-refractivity contribution is 9.10. The highest BCUT2D eigenvalue weighted by Crippen LogP contribution is 2.60. The van der Waals surface area contributed by atoms with Gasteiger partial charge in [-0.1, -0.05) is 0 Å². The minimum atomic E-state index is -0.0418. The van der Waals surface area contributed by atoms with E-state index in [4.69, 9.17) is 19.9 Å². The molecule has 0 radical (unpaired) electrons. The molecule has 1 aliphatic carbocycles. The lowest BCUT2D eigenvalue weighted by atomic mass is 9.87. The van der Waals surface area contributed by atoms with E-state index in [0.29, 0.717) is 13.2 Å². The maximum atomic E-state index is 6.20. The summed E-state index contributed by atoms with van der Waals surface area (Å²) in [5.41, 5.74) is 7.23. The number of benzene rings is 1. The van der Waals surface area contributed by atoms with Crippen LogP contribution in [-0.4, -0.2) is 26.4 Å². The quantitative estimate of drug-likeness (QED) is 0.927. The molecular weight excluding hydrogens is 310 g/mol. The zero-order valence-corrected chi connectivity index (χ0v) is 12.7. The first-order valence-electron chi connectivity index (χ1n) is 6.52. The average molecular weight is 328 g/mol. The molecule has 1 heterocycles. The largest absolute Gasteiger partial charge is 0.495 e. The van der Waals surface area contributed by atoms with Crippen molar-refractivity contribution in [3.05, 3.63) is 16.1 Å². The van der Waals surface area contributed by atoms with Crippen molar-refractivity contribution in [1.82, 2.24) is 0 Å². The summed E-state index contributed by atoms with van der Waals surface area (Å²) in [5, 5.41) is 0. The molecule has 2 N–H and O–H groups in total. The van der Waals surface area contributed by atoms with Crippen molar-refractivity contribution in [2.45, 2.75) is 31.2 Å². The lowest BCUT2D eigenvalue weighted by Gasteiger charge is -2.29. The van der Waals surface area contributed by atoms with E-state index in [1.807, 2.05) is 13.0 Å². The molecule has 4 nitrogen and oxygen atoms in total. The Labute approximate surface area is 121 Å². The van der Waals surface area contributed by atoms with Crippen LogP contribution in [0.3, 0.4) is 0 Å². The fraction of sp³-hybridized carbons (Fsp3) is 0.571. The first-order valence-corrected chi connectivity index (χ1v) is 7.31. The molecule has 5 heteroatoms. The molecule has 1 aliphatic heterocycles. The second kappa shape index (κ2) is 4.56. The highest BCUT2D eigenvalue weighted by Gasteiger charge is 2.52. The van der Waals surface area contributed by atoms with Crippen LogP contribution in [0.25, 0.3) is 0 Å². The second-order valence-corrected chi connectivity index (χ2v) is 6.09. The van der Waals surface area contributed by atoms with E-state index in [-0.39, 0.29) is 11.5 Å². The molecular formula is C14H18BrNO3. The van der Waals surface area contributed by atoms with Gasteiger partial charge in [-0.15, -0.1) is 0 Å². The van der Waals surface area contributed by atoms with Gasteiger partial charge in [0.15, 0.2) is 11.5 Å². The van der Waals surface area contributed by atoms with Crippen LogP contribution in [0.2, 0.25) is 0 Å². The van der Waals surface area contributed by atoms with Gasteiger partial charge >= 0.3 is 0 Å². The molecule has 0 saturated heterocycles. The highest BCUT2D eigenvalue weighted by atomic mass is 79.9. The minimum Gasteiger partial charge on any atom is -0.495 e. The predicted molar refractivity (Wildman–Crippen MR) is 76.2 cm³/mol. The smallest absolute Gasteiger partial charge is 0.168 e. The Kier molecular flexibility index (Phi) is 3.14. The van der Waals surface area contributed by atoms with Crippen LogP contribution in [0, 0.1) is 0 Å². The van der Waals surface area contributed by atoms with Crippen molar-refractivity contribution in [3.8, 4) is 17.2 Å². The van der Waals surface area contributed by atoms with Gasteiger partial charge in [0.1, 0.15) is 19.0 Å². The molecule has 0 aromatic heterocycles. The molecule has 1 atom stereocenters. The Morgan fingerprint density at radius 3 is 2.63 bits per heavy atom. The number of ether oxygens (including phenoxy) is 3. The van der Waals surface area contributed by atoms with Gasteiger partial charge < -0.3 is 19.9 Å². The molecule has 19 heavy (non-hydrogen) atoms. The van der Waals surface area contributed by atoms with E-state index in [1.165, 1.54) is 0 Å². The molecule has 1 fully saturated rings. The normalized spacial score (nSPS) is 20.8. The molecule has 0 spiro atoms. The molecule has 104 valence electrons. The van der Waals surface area contributed by atoms with E-state index in [9.17, 15) is 0 Å². The molecule has 1 aromatic carbocycles. The molecule has 1 aromatic rings. The number of halogens is 1. The first kappa shape index (κ1) is 13.1. The summed E-state index contributed by atoms with van der Waals surface area (Å²) in [6.45, 7) is 3.19. The lowest BCUT2D eigenvalue weighted by molar-refractivity contribution is 0.167. The topological polar surface area (TPSA) is 53.7 Å². The van der Waals surface area contributed by atoms with Gasteiger partial charge in [0.05, 0.1) is 11.6 Å². The van der Waals surface area contributed by atoms with Crippen LogP contribution in [0.1, 0.15) is 25.3 Å². The summed E-state index contributed by atoms with van der Waals surface area (Å²) < 4.78 is 18.0. The van der Waals surface area contributed by atoms with E-state index in [1.54, 1.807) is 7.11 Å². The number of fused-ring (bicyclic) bond motifs is 1. The molecule has 0 amide bonds. The third kappa shape index (κ3) is 1.91. The Hall–Kier alpha value is -0.940. The van der Waals surface area contributed by atoms with Crippen LogP contribution in [0.4, 0.5) is 0 Å². The number of hydrogen-bond acceptors (Lipinski definition) is 4. The van der Waals surface area contributed by atoms with Gasteiger partial charge in [0.2, 0.25) is 0 Å². The van der Waals surface area contributed by atoms with Crippen molar-refractivity contribution in [1.29, 1.82) is 0 Å². The molecule has 0 bridgehead atoms. The van der Waals surface area contributed by atoms with Crippen LogP contribution in [0.5, 0.6) is 17.2 Å². The number of hydrogen-bond donors (Lipinski definition) is 1. The maximum absolute atomic E-state index is 6.20. The van der Waals surface area contributed by atoms with Gasteiger partial charge in [0, 0.05) is 23.1 Å². The predicted octanol–water partition coefficient (Wildman–Crippen LogP) is 2.61. The number of methoxy groups -OCH3 is 1. The maximum Gasteiger partial charge on any atom is 0.168 e. The summed E-state index contributed by atoms with van der Waals surface area (Å²) in [5.74, 6) is 2.40. The Balaban J connectivity index is 2.23. The first-order chi connectivity index (χ1) is 9.10. The summed E-state index contributed by atoms with van der Waals surface area (Å²) in [4.78, 5) is 0. The number of nitrogens with two attached hydrogens (primary N) is 1. The van der Waals surface area contributed by atoms with Gasteiger partial charge in [-0.05, 0) is 35.7 Å². The Bertz CT molecular complexity index is 512. The standard InChI is InChI=1S/C14H18BrNO3/c1-8(16)14(3-4-14)11-12(17-2)9(15)7-10-13(11)19-6-5-18-10/h7-8H,3-6,16H2,1-2H3. The summed E-state index contributed by atoms with van der Waals surface area (Å²) in [6, 6.07) is 1.97. The average Bonchev–Trinajstić information content (AvgIpc) is 3.18. The molecule has 2 aliphatic rings.